The molecule has 0 aromatic heterocycles. The Morgan fingerprint density at radius 2 is 1.67 bits per heavy atom. The lowest BCUT2D eigenvalue weighted by molar-refractivity contribution is 0.0912. The van der Waals surface area contributed by atoms with Gasteiger partial charge in [-0.1, -0.05) is 39.8 Å². The summed E-state index contributed by atoms with van der Waals surface area (Å²) in [6, 6.07) is 6.31. The minimum absolute atomic E-state index is 0.269. The van der Waals surface area contributed by atoms with Gasteiger partial charge in [0.1, 0.15) is 0 Å². The van der Waals surface area contributed by atoms with Crippen LogP contribution in [0.5, 0.6) is 0 Å². The second kappa shape index (κ2) is 7.22. The van der Waals surface area contributed by atoms with Gasteiger partial charge in [0.05, 0.1) is 6.54 Å². The quantitative estimate of drug-likeness (QED) is 0.707. The molecule has 1 aliphatic rings. The number of carbonyl (C=O) groups excluding carboxylic acids is 1. The highest BCUT2D eigenvalue weighted by atomic mass is 16.1. The third-order valence-electron chi connectivity index (χ3n) is 4.03. The van der Waals surface area contributed by atoms with E-state index in [2.05, 4.69) is 44.7 Å². The van der Waals surface area contributed by atoms with Crippen molar-refractivity contribution in [3.05, 3.63) is 34.9 Å². The molecule has 2 rings (SSSR count). The molecule has 1 aliphatic carbocycles. The Morgan fingerprint density at radius 3 is 2.29 bits per heavy atom. The first-order valence-electron chi connectivity index (χ1n) is 8.33. The summed E-state index contributed by atoms with van der Waals surface area (Å²) in [6.45, 7) is 11.4. The molecule has 0 unspecified atom stereocenters. The van der Waals surface area contributed by atoms with Crippen LogP contribution in [0.3, 0.4) is 0 Å². The molecule has 0 amide bonds. The zero-order valence-electron chi connectivity index (χ0n) is 14.0. The summed E-state index contributed by atoms with van der Waals surface area (Å²) in [5, 5.41) is 0. The highest BCUT2D eigenvalue weighted by Crippen LogP contribution is 2.23. The lowest BCUT2D eigenvalue weighted by atomic mass is 10.0. The molecule has 0 spiro atoms. The summed E-state index contributed by atoms with van der Waals surface area (Å²) in [6.07, 6.45) is 3.55. The zero-order valence-corrected chi connectivity index (χ0v) is 14.0. The number of aryl methyl sites for hydroxylation is 2. The second-order valence-electron chi connectivity index (χ2n) is 7.24. The van der Waals surface area contributed by atoms with E-state index in [4.69, 9.17) is 0 Å². The molecule has 0 aliphatic heterocycles. The molecule has 0 fully saturated rings. The van der Waals surface area contributed by atoms with Gasteiger partial charge in [-0.05, 0) is 48.3 Å². The second-order valence-corrected chi connectivity index (χ2v) is 7.24. The number of benzene rings is 1. The molecule has 2 nitrogen and oxygen atoms in total. The third-order valence-corrected chi connectivity index (χ3v) is 4.03. The number of ketones is 1. The first-order chi connectivity index (χ1) is 9.95. The third kappa shape index (κ3) is 4.67. The molecule has 2 heteroatoms. The van der Waals surface area contributed by atoms with E-state index in [-0.39, 0.29) is 5.78 Å². The average Bonchev–Trinajstić information content (AvgIpc) is 2.83. The Hall–Kier alpha value is -1.15. The number of nitrogens with zero attached hydrogens (tertiary/aromatic N) is 1. The fraction of sp³-hybridized carbons (Fsp3) is 0.632. The van der Waals surface area contributed by atoms with Gasteiger partial charge in [0.2, 0.25) is 0 Å². The lowest BCUT2D eigenvalue weighted by Crippen LogP contribution is -2.35. The van der Waals surface area contributed by atoms with E-state index in [0.29, 0.717) is 18.4 Å². The van der Waals surface area contributed by atoms with E-state index in [1.165, 1.54) is 24.0 Å². The average molecular weight is 287 g/mol. The van der Waals surface area contributed by atoms with Gasteiger partial charge in [0, 0.05) is 18.7 Å². The Labute approximate surface area is 129 Å². The number of hydrogen-bond acceptors (Lipinski definition) is 2. The fourth-order valence-corrected chi connectivity index (χ4v) is 3.28. The van der Waals surface area contributed by atoms with Crippen LogP contribution in [0, 0.1) is 11.8 Å². The lowest BCUT2D eigenvalue weighted by Gasteiger charge is -2.25. The monoisotopic (exact) mass is 287 g/mol. The first-order valence-corrected chi connectivity index (χ1v) is 8.33. The van der Waals surface area contributed by atoms with Crippen molar-refractivity contribution in [1.82, 2.24) is 4.90 Å². The van der Waals surface area contributed by atoms with Crippen LogP contribution >= 0.6 is 0 Å². The first kappa shape index (κ1) is 16.2. The van der Waals surface area contributed by atoms with Crippen molar-refractivity contribution in [3.63, 3.8) is 0 Å². The number of Topliss-reactive ketones (excluding diaryl/α,β-unsaturated/α-hetero) is 1. The van der Waals surface area contributed by atoms with Gasteiger partial charge in [-0.3, -0.25) is 9.69 Å². The minimum Gasteiger partial charge on any atom is -0.295 e. The Bertz CT molecular complexity index is 480. The summed E-state index contributed by atoms with van der Waals surface area (Å²) in [5.74, 6) is 1.46. The van der Waals surface area contributed by atoms with Crippen molar-refractivity contribution in [3.8, 4) is 0 Å². The molecule has 116 valence electrons. The van der Waals surface area contributed by atoms with E-state index >= 15 is 0 Å². The van der Waals surface area contributed by atoms with Crippen LogP contribution in [-0.2, 0) is 12.8 Å². The minimum atomic E-state index is 0.269. The number of hydrogen-bond donors (Lipinski definition) is 0. The van der Waals surface area contributed by atoms with Crippen molar-refractivity contribution in [2.45, 2.75) is 47.0 Å². The highest BCUT2D eigenvalue weighted by molar-refractivity contribution is 5.97. The molecular formula is C19H29NO. The van der Waals surface area contributed by atoms with Crippen molar-refractivity contribution >= 4 is 5.78 Å². The van der Waals surface area contributed by atoms with Gasteiger partial charge in [-0.25, -0.2) is 0 Å². The maximum atomic E-state index is 12.6. The van der Waals surface area contributed by atoms with E-state index < -0.39 is 0 Å². The molecule has 1 aromatic carbocycles. The summed E-state index contributed by atoms with van der Waals surface area (Å²) in [7, 11) is 0. The standard InChI is InChI=1S/C19H29NO/c1-14(2)11-20(12-15(3)4)13-19(21)18-9-8-16-6-5-7-17(16)10-18/h8-10,14-15H,5-7,11-13H2,1-4H3. The summed E-state index contributed by atoms with van der Waals surface area (Å²) in [5.41, 5.74) is 3.72. The number of fused-ring (bicyclic) bond motifs is 1. The van der Waals surface area contributed by atoms with E-state index in [0.717, 1.165) is 25.1 Å². The summed E-state index contributed by atoms with van der Waals surface area (Å²) >= 11 is 0. The van der Waals surface area contributed by atoms with Gasteiger partial charge in [0.25, 0.3) is 0 Å². The molecule has 0 N–H and O–H groups in total. The molecule has 21 heavy (non-hydrogen) atoms. The molecular weight excluding hydrogens is 258 g/mol. The van der Waals surface area contributed by atoms with Crippen LogP contribution in [0.2, 0.25) is 0 Å². The van der Waals surface area contributed by atoms with E-state index in [1.807, 2.05) is 6.07 Å². The van der Waals surface area contributed by atoms with E-state index in [9.17, 15) is 4.79 Å². The van der Waals surface area contributed by atoms with Crippen LogP contribution < -0.4 is 0 Å². The normalized spacial score (nSPS) is 14.2. The smallest absolute Gasteiger partial charge is 0.176 e. The van der Waals surface area contributed by atoms with Gasteiger partial charge < -0.3 is 0 Å². The molecule has 0 bridgehead atoms. The van der Waals surface area contributed by atoms with Crippen LogP contribution in [0.15, 0.2) is 18.2 Å². The van der Waals surface area contributed by atoms with Crippen LogP contribution in [0.1, 0.15) is 55.6 Å². The Balaban J connectivity index is 2.04. The molecule has 0 atom stereocenters. The number of rotatable bonds is 7. The van der Waals surface area contributed by atoms with Gasteiger partial charge in [-0.15, -0.1) is 0 Å². The predicted molar refractivity (Wildman–Crippen MR) is 88.9 cm³/mol. The highest BCUT2D eigenvalue weighted by Gasteiger charge is 2.17. The Morgan fingerprint density at radius 1 is 1.05 bits per heavy atom. The molecule has 1 aromatic rings. The molecule has 0 heterocycles. The van der Waals surface area contributed by atoms with Crippen molar-refractivity contribution in [2.24, 2.45) is 11.8 Å². The maximum absolute atomic E-state index is 12.6. The summed E-state index contributed by atoms with van der Waals surface area (Å²) < 4.78 is 0. The predicted octanol–water partition coefficient (Wildman–Crippen LogP) is 3.97. The summed E-state index contributed by atoms with van der Waals surface area (Å²) in [4.78, 5) is 14.9. The zero-order chi connectivity index (χ0) is 15.4. The molecule has 0 radical (unpaired) electrons. The largest absolute Gasteiger partial charge is 0.295 e. The molecule has 0 saturated heterocycles. The van der Waals surface area contributed by atoms with Gasteiger partial charge >= 0.3 is 0 Å². The Kier molecular flexibility index (Phi) is 5.58. The topological polar surface area (TPSA) is 20.3 Å². The van der Waals surface area contributed by atoms with Crippen molar-refractivity contribution < 1.29 is 4.79 Å². The van der Waals surface area contributed by atoms with Crippen molar-refractivity contribution in [2.75, 3.05) is 19.6 Å². The van der Waals surface area contributed by atoms with Gasteiger partial charge in [-0.2, -0.15) is 0 Å². The SMILES string of the molecule is CC(C)CN(CC(=O)c1ccc2c(c1)CCC2)CC(C)C. The van der Waals surface area contributed by atoms with E-state index in [1.54, 1.807) is 0 Å². The maximum Gasteiger partial charge on any atom is 0.176 e. The van der Waals surface area contributed by atoms with Gasteiger partial charge in [0.15, 0.2) is 5.78 Å². The number of carbonyl (C=O) groups is 1. The fourth-order valence-electron chi connectivity index (χ4n) is 3.28. The van der Waals surface area contributed by atoms with Crippen LogP contribution in [-0.4, -0.2) is 30.3 Å². The van der Waals surface area contributed by atoms with Crippen LogP contribution in [0.4, 0.5) is 0 Å². The van der Waals surface area contributed by atoms with Crippen LogP contribution in [0.25, 0.3) is 0 Å². The van der Waals surface area contributed by atoms with Crippen molar-refractivity contribution in [1.29, 1.82) is 0 Å². The molecule has 0 saturated carbocycles.